The number of hydrogen-bond donors (Lipinski definition) is 0. The van der Waals surface area contributed by atoms with E-state index in [-0.39, 0.29) is 5.78 Å². The largest absolute Gasteiger partial charge is 0.309 e. The predicted octanol–water partition coefficient (Wildman–Crippen LogP) is 2.40. The van der Waals surface area contributed by atoms with Crippen LogP contribution in [0.25, 0.3) is 11.3 Å². The second-order valence-corrected chi connectivity index (χ2v) is 4.32. The fourth-order valence-corrected chi connectivity index (χ4v) is 2.36. The van der Waals surface area contributed by atoms with Gasteiger partial charge < -0.3 is 4.57 Å². The Kier molecular flexibility index (Phi) is 2.41. The Labute approximate surface area is 109 Å². The number of nitrogens with zero attached hydrogens (tertiary/aromatic N) is 3. The zero-order valence-electron chi connectivity index (χ0n) is 9.46. The summed E-state index contributed by atoms with van der Waals surface area (Å²) in [4.78, 5) is 12.2. The first-order valence-electron chi connectivity index (χ1n) is 5.46. The molecule has 1 aromatic carbocycles. The average Bonchev–Trinajstić information content (AvgIpc) is 2.68. The van der Waals surface area contributed by atoms with Crippen LogP contribution in [-0.2, 0) is 6.54 Å². The molecule has 88 valence electrons. The molecule has 0 radical (unpaired) electrons. The number of fused-ring (bicyclic) bond motifs is 3. The maximum atomic E-state index is 12.2. The lowest BCUT2D eigenvalue weighted by Crippen LogP contribution is -2.09. The molecule has 0 saturated heterocycles. The van der Waals surface area contributed by atoms with Gasteiger partial charge in [0.05, 0.1) is 5.69 Å². The second-order valence-electron chi connectivity index (χ2n) is 3.95. The predicted molar refractivity (Wildman–Crippen MR) is 69.9 cm³/mol. The normalized spacial score (nSPS) is 12.1. The molecule has 0 aliphatic heterocycles. The van der Waals surface area contributed by atoms with E-state index in [1.54, 1.807) is 16.7 Å². The van der Waals surface area contributed by atoms with Crippen LogP contribution in [0, 0.1) is 4.77 Å². The number of ketones is 1. The van der Waals surface area contributed by atoms with Crippen LogP contribution in [0.15, 0.2) is 36.9 Å². The Hall–Kier alpha value is -2.14. The lowest BCUT2D eigenvalue weighted by Gasteiger charge is -2.09. The molecule has 0 N–H and O–H groups in total. The summed E-state index contributed by atoms with van der Waals surface area (Å²) in [7, 11) is 0. The molecule has 0 atom stereocenters. The lowest BCUT2D eigenvalue weighted by atomic mass is 10.1. The Morgan fingerprint density at radius 3 is 2.72 bits per heavy atom. The van der Waals surface area contributed by atoms with Gasteiger partial charge in [0.1, 0.15) is 0 Å². The van der Waals surface area contributed by atoms with Crippen molar-refractivity contribution >= 4 is 18.0 Å². The van der Waals surface area contributed by atoms with Crippen molar-refractivity contribution in [1.29, 1.82) is 0 Å². The van der Waals surface area contributed by atoms with E-state index in [0.29, 0.717) is 22.6 Å². The molecule has 0 unspecified atom stereocenters. The van der Waals surface area contributed by atoms with Crippen molar-refractivity contribution in [3.8, 4) is 11.3 Å². The fourth-order valence-electron chi connectivity index (χ4n) is 2.16. The van der Waals surface area contributed by atoms with E-state index in [1.807, 2.05) is 18.2 Å². The molecule has 2 aromatic rings. The molecule has 5 heteroatoms. The van der Waals surface area contributed by atoms with E-state index in [9.17, 15) is 4.79 Å². The van der Waals surface area contributed by atoms with Gasteiger partial charge in [-0.15, -0.1) is 16.8 Å². The highest BCUT2D eigenvalue weighted by Gasteiger charge is 2.30. The summed E-state index contributed by atoms with van der Waals surface area (Å²) < 4.78 is 2.15. The van der Waals surface area contributed by atoms with Gasteiger partial charge in [0.25, 0.3) is 0 Å². The van der Waals surface area contributed by atoms with Gasteiger partial charge in [-0.25, -0.2) is 0 Å². The molecule has 4 nitrogen and oxygen atoms in total. The van der Waals surface area contributed by atoms with Crippen molar-refractivity contribution in [1.82, 2.24) is 14.8 Å². The van der Waals surface area contributed by atoms with Crippen LogP contribution in [0.2, 0.25) is 0 Å². The van der Waals surface area contributed by atoms with Gasteiger partial charge in [-0.3, -0.25) is 4.79 Å². The summed E-state index contributed by atoms with van der Waals surface area (Å²) in [6.07, 6.45) is 1.73. The van der Waals surface area contributed by atoms with Crippen LogP contribution >= 0.6 is 12.2 Å². The van der Waals surface area contributed by atoms with Crippen LogP contribution in [-0.4, -0.2) is 20.5 Å². The van der Waals surface area contributed by atoms with Crippen LogP contribution in [0.3, 0.4) is 0 Å². The summed E-state index contributed by atoms with van der Waals surface area (Å²) in [5.74, 6) is -0.0964. The van der Waals surface area contributed by atoms with Crippen molar-refractivity contribution in [3.05, 3.63) is 52.9 Å². The Morgan fingerprint density at radius 1 is 1.28 bits per heavy atom. The van der Waals surface area contributed by atoms with Crippen LogP contribution in [0.1, 0.15) is 16.1 Å². The molecule has 1 aromatic heterocycles. The zero-order valence-corrected chi connectivity index (χ0v) is 10.3. The molecule has 0 saturated carbocycles. The number of rotatable bonds is 2. The quantitative estimate of drug-likeness (QED) is 0.521. The van der Waals surface area contributed by atoms with E-state index < -0.39 is 0 Å². The highest BCUT2D eigenvalue weighted by atomic mass is 32.1. The molecule has 1 aliphatic rings. The molecule has 0 bridgehead atoms. The lowest BCUT2D eigenvalue weighted by molar-refractivity contribution is 0.103. The average molecular weight is 255 g/mol. The van der Waals surface area contributed by atoms with Crippen molar-refractivity contribution in [3.63, 3.8) is 0 Å². The number of aromatic nitrogens is 3. The second kappa shape index (κ2) is 3.96. The first kappa shape index (κ1) is 11.0. The highest BCUT2D eigenvalue weighted by molar-refractivity contribution is 7.71. The zero-order chi connectivity index (χ0) is 12.7. The summed E-state index contributed by atoms with van der Waals surface area (Å²) in [5, 5.41) is 7.80. The topological polar surface area (TPSA) is 47.8 Å². The number of hydrogen-bond acceptors (Lipinski definition) is 4. The van der Waals surface area contributed by atoms with Gasteiger partial charge in [-0.05, 0) is 12.2 Å². The van der Waals surface area contributed by atoms with Crippen LogP contribution in [0.5, 0.6) is 0 Å². The molecular weight excluding hydrogens is 246 g/mol. The summed E-state index contributed by atoms with van der Waals surface area (Å²) in [6.45, 7) is 4.21. The van der Waals surface area contributed by atoms with Gasteiger partial charge in [-0.1, -0.05) is 30.3 Å². The molecule has 1 heterocycles. The number of allylic oxidation sites excluding steroid dienone is 1. The van der Waals surface area contributed by atoms with Gasteiger partial charge in [-0.2, -0.15) is 0 Å². The third-order valence-electron chi connectivity index (χ3n) is 2.91. The molecular formula is C13H9N3OS. The molecule has 0 amide bonds. The van der Waals surface area contributed by atoms with Crippen molar-refractivity contribution < 1.29 is 4.79 Å². The first-order chi connectivity index (χ1) is 8.74. The van der Waals surface area contributed by atoms with E-state index in [1.165, 1.54) is 0 Å². The van der Waals surface area contributed by atoms with Crippen LogP contribution in [0.4, 0.5) is 0 Å². The third-order valence-corrected chi connectivity index (χ3v) is 3.22. The van der Waals surface area contributed by atoms with Gasteiger partial charge in [0.15, 0.2) is 5.69 Å². The minimum Gasteiger partial charge on any atom is -0.309 e. The SMILES string of the molecule is C=CCn1c2c(nnc1=S)C(=O)c1ccccc1-2. The minimum atomic E-state index is -0.0964. The standard InChI is InChI=1S/C13H9N3OS/c1-2-7-16-11-8-5-3-4-6-9(8)12(17)10(11)14-15-13(16)18/h2-6H,1,7H2. The third kappa shape index (κ3) is 1.37. The monoisotopic (exact) mass is 255 g/mol. The van der Waals surface area contributed by atoms with Crippen molar-refractivity contribution in [2.45, 2.75) is 6.54 Å². The molecule has 0 fully saturated rings. The Morgan fingerprint density at radius 2 is 2.00 bits per heavy atom. The number of benzene rings is 1. The molecule has 0 spiro atoms. The Balaban J connectivity index is 2.41. The van der Waals surface area contributed by atoms with E-state index >= 15 is 0 Å². The van der Waals surface area contributed by atoms with Gasteiger partial charge >= 0.3 is 0 Å². The maximum absolute atomic E-state index is 12.2. The van der Waals surface area contributed by atoms with E-state index in [2.05, 4.69) is 16.8 Å². The van der Waals surface area contributed by atoms with Gasteiger partial charge in [0, 0.05) is 17.7 Å². The number of carbonyl (C=O) groups is 1. The molecule has 3 rings (SSSR count). The maximum Gasteiger partial charge on any atom is 0.221 e. The first-order valence-corrected chi connectivity index (χ1v) is 5.87. The fraction of sp³-hybridized carbons (Fsp3) is 0.0769. The van der Waals surface area contributed by atoms with Gasteiger partial charge in [0.2, 0.25) is 10.6 Å². The minimum absolute atomic E-state index is 0.0964. The smallest absolute Gasteiger partial charge is 0.221 e. The summed E-state index contributed by atoms with van der Waals surface area (Å²) in [6, 6.07) is 7.42. The van der Waals surface area contributed by atoms with E-state index in [4.69, 9.17) is 12.2 Å². The molecule has 18 heavy (non-hydrogen) atoms. The van der Waals surface area contributed by atoms with Crippen molar-refractivity contribution in [2.24, 2.45) is 0 Å². The van der Waals surface area contributed by atoms with E-state index in [0.717, 1.165) is 11.3 Å². The number of carbonyl (C=O) groups excluding carboxylic acids is 1. The Bertz CT molecular complexity index is 733. The summed E-state index contributed by atoms with van der Waals surface area (Å²) >= 11 is 5.16. The van der Waals surface area contributed by atoms with Crippen LogP contribution < -0.4 is 0 Å². The highest BCUT2D eigenvalue weighted by Crippen LogP contribution is 2.34. The molecule has 1 aliphatic carbocycles. The summed E-state index contributed by atoms with van der Waals surface area (Å²) in [5.41, 5.74) is 2.63. The van der Waals surface area contributed by atoms with Crippen molar-refractivity contribution in [2.75, 3.05) is 0 Å².